The van der Waals surface area contributed by atoms with E-state index in [0.29, 0.717) is 24.4 Å². The van der Waals surface area contributed by atoms with Crippen molar-refractivity contribution in [1.29, 1.82) is 0 Å². The molecular formula is C17H22F2N2O4. The van der Waals surface area contributed by atoms with Crippen molar-refractivity contribution in [2.75, 3.05) is 26.7 Å². The van der Waals surface area contributed by atoms with E-state index in [0.717, 1.165) is 0 Å². The number of aliphatic hydroxyl groups is 1. The minimum Gasteiger partial charge on any atom is -0.485 e. The quantitative estimate of drug-likeness (QED) is 0.892. The van der Waals surface area contributed by atoms with Gasteiger partial charge in [0.05, 0.1) is 12.6 Å². The smallest absolute Gasteiger partial charge is 0.387 e. The lowest BCUT2D eigenvalue weighted by atomic mass is 9.85. The summed E-state index contributed by atoms with van der Waals surface area (Å²) in [6.07, 6.45) is -1.01. The summed E-state index contributed by atoms with van der Waals surface area (Å²) in [5, 5.41) is 10.8. The van der Waals surface area contributed by atoms with Crippen LogP contribution in [0.25, 0.3) is 0 Å². The minimum atomic E-state index is -2.95. The zero-order valence-electron chi connectivity index (χ0n) is 14.4. The van der Waals surface area contributed by atoms with Crippen LogP contribution >= 0.6 is 0 Å². The fourth-order valence-corrected chi connectivity index (χ4v) is 3.36. The summed E-state index contributed by atoms with van der Waals surface area (Å²) in [4.78, 5) is 16.0. The third-order valence-corrected chi connectivity index (χ3v) is 4.69. The molecule has 2 atom stereocenters. The number of benzene rings is 1. The summed E-state index contributed by atoms with van der Waals surface area (Å²) in [6.45, 7) is 1.86. The van der Waals surface area contributed by atoms with Crippen LogP contribution in [0.4, 0.5) is 8.78 Å². The van der Waals surface area contributed by atoms with E-state index in [-0.39, 0.29) is 18.2 Å². The number of hydrogen-bond donors (Lipinski definition) is 1. The molecule has 2 aliphatic rings. The maximum Gasteiger partial charge on any atom is 0.387 e. The first-order valence-electron chi connectivity index (χ1n) is 8.13. The van der Waals surface area contributed by atoms with Crippen molar-refractivity contribution in [2.24, 2.45) is 0 Å². The first kappa shape index (κ1) is 17.9. The predicted octanol–water partition coefficient (Wildman–Crippen LogP) is 1.64. The molecule has 0 saturated carbocycles. The maximum atomic E-state index is 12.5. The van der Waals surface area contributed by atoms with Gasteiger partial charge in [-0.25, -0.2) is 0 Å². The van der Waals surface area contributed by atoms with Crippen LogP contribution in [-0.2, 0) is 4.79 Å². The van der Waals surface area contributed by atoms with E-state index >= 15 is 0 Å². The molecule has 0 aromatic heterocycles. The first-order chi connectivity index (χ1) is 11.7. The van der Waals surface area contributed by atoms with Crippen LogP contribution in [0, 0.1) is 0 Å². The lowest BCUT2D eigenvalue weighted by molar-refractivity contribution is -0.149. The average molecular weight is 356 g/mol. The Morgan fingerprint density at radius 1 is 1.36 bits per heavy atom. The molecule has 6 nitrogen and oxygen atoms in total. The fraction of sp³-hybridized carbons (Fsp3) is 0.588. The van der Waals surface area contributed by atoms with Crippen molar-refractivity contribution >= 4 is 5.91 Å². The van der Waals surface area contributed by atoms with Gasteiger partial charge < -0.3 is 19.5 Å². The van der Waals surface area contributed by atoms with Crippen LogP contribution in [0.1, 0.15) is 25.5 Å². The van der Waals surface area contributed by atoms with Gasteiger partial charge in [-0.15, -0.1) is 0 Å². The number of rotatable bonds is 3. The number of carbonyl (C=O) groups excluding carboxylic acids is 1. The van der Waals surface area contributed by atoms with Gasteiger partial charge in [0.2, 0.25) is 5.91 Å². The third-order valence-electron chi connectivity index (χ3n) is 4.69. The zero-order chi connectivity index (χ0) is 18.4. The van der Waals surface area contributed by atoms with E-state index in [9.17, 15) is 18.7 Å². The van der Waals surface area contributed by atoms with Crippen LogP contribution in [0.5, 0.6) is 11.5 Å². The zero-order valence-corrected chi connectivity index (χ0v) is 14.4. The van der Waals surface area contributed by atoms with Crippen molar-refractivity contribution in [2.45, 2.75) is 38.2 Å². The Labute approximate surface area is 144 Å². The van der Waals surface area contributed by atoms with Gasteiger partial charge in [-0.1, -0.05) is 0 Å². The Balaban J connectivity index is 2.02. The van der Waals surface area contributed by atoms with Crippen LogP contribution in [-0.4, -0.2) is 65.8 Å². The highest BCUT2D eigenvalue weighted by Gasteiger charge is 2.47. The van der Waals surface area contributed by atoms with Crippen LogP contribution in [0.3, 0.4) is 0 Å². The van der Waals surface area contributed by atoms with Gasteiger partial charge in [-0.3, -0.25) is 9.69 Å². The Bertz CT molecular complexity index is 668. The SMILES string of the molecule is CN1CCN([C@H]2c3cc(OC(F)F)ccc3OC(C)(C)[C@@H]2O)C(=O)C1. The van der Waals surface area contributed by atoms with E-state index < -0.39 is 24.4 Å². The number of aliphatic hydroxyl groups excluding tert-OH is 1. The summed E-state index contributed by atoms with van der Waals surface area (Å²) in [7, 11) is 1.85. The maximum absolute atomic E-state index is 12.5. The summed E-state index contributed by atoms with van der Waals surface area (Å²) in [5.41, 5.74) is -0.449. The molecule has 1 saturated heterocycles. The molecule has 25 heavy (non-hydrogen) atoms. The second-order valence-electron chi connectivity index (χ2n) is 7.00. The van der Waals surface area contributed by atoms with Gasteiger partial charge >= 0.3 is 6.61 Å². The minimum absolute atomic E-state index is 0.0316. The third kappa shape index (κ3) is 3.41. The van der Waals surface area contributed by atoms with Gasteiger partial charge in [-0.2, -0.15) is 8.78 Å². The molecule has 3 rings (SSSR count). The van der Waals surface area contributed by atoms with E-state index in [2.05, 4.69) is 4.74 Å². The molecular weight excluding hydrogens is 334 g/mol. The molecule has 138 valence electrons. The number of likely N-dealkylation sites (N-methyl/N-ethyl adjacent to an activating group) is 1. The Kier molecular flexibility index (Phi) is 4.59. The molecule has 0 unspecified atom stereocenters. The molecule has 2 aliphatic heterocycles. The molecule has 1 amide bonds. The number of hydrogen-bond acceptors (Lipinski definition) is 5. The highest BCUT2D eigenvalue weighted by Crippen LogP contribution is 2.44. The normalized spacial score (nSPS) is 26.4. The highest BCUT2D eigenvalue weighted by atomic mass is 19.3. The average Bonchev–Trinajstić information content (AvgIpc) is 2.50. The summed E-state index contributed by atoms with van der Waals surface area (Å²) in [5.74, 6) is 0.297. The van der Waals surface area contributed by atoms with Crippen molar-refractivity contribution in [3.05, 3.63) is 23.8 Å². The summed E-state index contributed by atoms with van der Waals surface area (Å²) in [6, 6.07) is 3.66. The molecule has 0 aliphatic carbocycles. The molecule has 1 N–H and O–H groups in total. The molecule has 1 aromatic carbocycles. The van der Waals surface area contributed by atoms with Crippen molar-refractivity contribution in [3.8, 4) is 11.5 Å². The number of carbonyl (C=O) groups is 1. The van der Waals surface area contributed by atoms with Crippen molar-refractivity contribution in [3.63, 3.8) is 0 Å². The lowest BCUT2D eigenvalue weighted by Gasteiger charge is -2.48. The molecule has 0 bridgehead atoms. The van der Waals surface area contributed by atoms with Crippen LogP contribution in [0.15, 0.2) is 18.2 Å². The number of nitrogens with zero attached hydrogens (tertiary/aromatic N) is 2. The van der Waals surface area contributed by atoms with E-state index in [1.807, 2.05) is 11.9 Å². The lowest BCUT2D eigenvalue weighted by Crippen LogP contribution is -2.58. The van der Waals surface area contributed by atoms with Gasteiger partial charge in [-0.05, 0) is 39.1 Å². The molecule has 1 fully saturated rings. The van der Waals surface area contributed by atoms with E-state index in [4.69, 9.17) is 4.74 Å². The Morgan fingerprint density at radius 3 is 2.72 bits per heavy atom. The second-order valence-corrected chi connectivity index (χ2v) is 7.00. The molecule has 8 heteroatoms. The Morgan fingerprint density at radius 2 is 2.08 bits per heavy atom. The number of alkyl halides is 2. The van der Waals surface area contributed by atoms with Gasteiger partial charge in [0.15, 0.2) is 0 Å². The first-order valence-corrected chi connectivity index (χ1v) is 8.13. The van der Waals surface area contributed by atoms with E-state index in [1.165, 1.54) is 18.2 Å². The van der Waals surface area contributed by atoms with Crippen LogP contribution in [0.2, 0.25) is 0 Å². The molecule has 0 spiro atoms. The fourth-order valence-electron chi connectivity index (χ4n) is 3.36. The Hall–Kier alpha value is -1.93. The predicted molar refractivity (Wildman–Crippen MR) is 85.7 cm³/mol. The molecule has 2 heterocycles. The number of halogens is 2. The topological polar surface area (TPSA) is 62.2 Å². The van der Waals surface area contributed by atoms with Gasteiger partial charge in [0.1, 0.15) is 23.2 Å². The number of amides is 1. The molecule has 1 aromatic rings. The van der Waals surface area contributed by atoms with Gasteiger partial charge in [0.25, 0.3) is 0 Å². The second kappa shape index (κ2) is 6.42. The van der Waals surface area contributed by atoms with Gasteiger partial charge in [0, 0.05) is 18.7 Å². The monoisotopic (exact) mass is 356 g/mol. The molecule has 0 radical (unpaired) electrons. The number of ether oxygens (including phenoxy) is 2. The largest absolute Gasteiger partial charge is 0.485 e. The number of fused-ring (bicyclic) bond motifs is 1. The van der Waals surface area contributed by atoms with Crippen molar-refractivity contribution in [1.82, 2.24) is 9.80 Å². The van der Waals surface area contributed by atoms with Crippen molar-refractivity contribution < 1.29 is 28.2 Å². The van der Waals surface area contributed by atoms with E-state index in [1.54, 1.807) is 18.7 Å². The highest BCUT2D eigenvalue weighted by molar-refractivity contribution is 5.80. The standard InChI is InChI=1S/C17H22F2N2O4/c1-17(2)15(23)14(21-7-6-20(3)9-13(21)22)11-8-10(24-16(18)19)4-5-12(11)25-17/h4-5,8,14-16,23H,6-7,9H2,1-3H3/t14-,15+/m0/s1. The summed E-state index contributed by atoms with van der Waals surface area (Å²) >= 11 is 0. The van der Waals surface area contributed by atoms with Crippen LogP contribution < -0.4 is 9.47 Å². The number of piperazine rings is 1. The summed E-state index contributed by atoms with van der Waals surface area (Å²) < 4.78 is 35.4.